The second-order valence-corrected chi connectivity index (χ2v) is 8.14. The largest absolute Gasteiger partial charge is 0.336 e. The van der Waals surface area contributed by atoms with E-state index in [1.165, 1.54) is 10.6 Å². The molecular weight excluding hydrogens is 350 g/mol. The van der Waals surface area contributed by atoms with Crippen LogP contribution in [0.3, 0.4) is 0 Å². The van der Waals surface area contributed by atoms with Crippen molar-refractivity contribution in [2.24, 2.45) is 0 Å². The van der Waals surface area contributed by atoms with Gasteiger partial charge in [0.1, 0.15) is 0 Å². The summed E-state index contributed by atoms with van der Waals surface area (Å²) in [5.74, 6) is -0.151. The van der Waals surface area contributed by atoms with E-state index in [0.29, 0.717) is 48.4 Å². The molecule has 2 aromatic carbocycles. The van der Waals surface area contributed by atoms with Gasteiger partial charge >= 0.3 is 0 Å². The Morgan fingerprint density at radius 2 is 1.54 bits per heavy atom. The van der Waals surface area contributed by atoms with Gasteiger partial charge in [-0.25, -0.2) is 8.42 Å². The summed E-state index contributed by atoms with van der Waals surface area (Å²) in [4.78, 5) is 14.7. The summed E-state index contributed by atoms with van der Waals surface area (Å²) >= 11 is 0. The highest BCUT2D eigenvalue weighted by Crippen LogP contribution is 2.28. The van der Waals surface area contributed by atoms with Crippen LogP contribution in [0.4, 0.5) is 0 Å². The minimum atomic E-state index is -3.24. The summed E-state index contributed by atoms with van der Waals surface area (Å²) in [6.45, 7) is 1.28. The van der Waals surface area contributed by atoms with Crippen molar-refractivity contribution >= 4 is 15.9 Å². The first kappa shape index (κ1) is 18.1. The zero-order valence-electron chi connectivity index (χ0n) is 14.4. The van der Waals surface area contributed by atoms with E-state index in [2.05, 4.69) is 6.07 Å². The molecule has 1 heterocycles. The van der Waals surface area contributed by atoms with Gasteiger partial charge in [-0.05, 0) is 17.7 Å². The molecule has 0 aliphatic carbocycles. The molecule has 0 N–H and O–H groups in total. The van der Waals surface area contributed by atoms with E-state index in [-0.39, 0.29) is 5.91 Å². The van der Waals surface area contributed by atoms with Crippen molar-refractivity contribution in [1.82, 2.24) is 9.21 Å². The van der Waals surface area contributed by atoms with Crippen molar-refractivity contribution in [2.75, 3.05) is 32.4 Å². The number of carbonyl (C=O) groups is 1. The van der Waals surface area contributed by atoms with E-state index in [1.54, 1.807) is 29.2 Å². The van der Waals surface area contributed by atoms with E-state index in [4.69, 9.17) is 0 Å². The molecule has 2 aromatic rings. The fourth-order valence-electron chi connectivity index (χ4n) is 3.11. The van der Waals surface area contributed by atoms with Gasteiger partial charge in [0.2, 0.25) is 10.0 Å². The monoisotopic (exact) mass is 369 g/mol. The number of nitriles is 1. The van der Waals surface area contributed by atoms with Crippen molar-refractivity contribution in [3.63, 3.8) is 0 Å². The zero-order valence-corrected chi connectivity index (χ0v) is 15.2. The van der Waals surface area contributed by atoms with E-state index in [0.717, 1.165) is 0 Å². The maximum absolute atomic E-state index is 13.0. The SMILES string of the molecule is CS(=O)(=O)N1CCN(C(=O)c2ccccc2-c2ccccc2C#N)CC1. The first-order valence-corrected chi connectivity index (χ1v) is 10.1. The van der Waals surface area contributed by atoms with Gasteiger partial charge in [0.25, 0.3) is 5.91 Å². The van der Waals surface area contributed by atoms with Crippen LogP contribution in [0.15, 0.2) is 48.5 Å². The second-order valence-electron chi connectivity index (χ2n) is 6.16. The maximum atomic E-state index is 13.0. The molecule has 0 radical (unpaired) electrons. The molecule has 1 aliphatic rings. The lowest BCUT2D eigenvalue weighted by molar-refractivity contribution is 0.0699. The molecule has 1 fully saturated rings. The van der Waals surface area contributed by atoms with Crippen LogP contribution >= 0.6 is 0 Å². The van der Waals surface area contributed by atoms with Gasteiger partial charge in [-0.1, -0.05) is 36.4 Å². The Kier molecular flexibility index (Phi) is 5.07. The van der Waals surface area contributed by atoms with Crippen LogP contribution < -0.4 is 0 Å². The lowest BCUT2D eigenvalue weighted by atomic mass is 9.95. The molecule has 0 unspecified atom stereocenters. The van der Waals surface area contributed by atoms with E-state index in [9.17, 15) is 18.5 Å². The maximum Gasteiger partial charge on any atom is 0.254 e. The molecule has 7 heteroatoms. The van der Waals surface area contributed by atoms with Gasteiger partial charge in [-0.3, -0.25) is 4.79 Å². The number of sulfonamides is 1. The fraction of sp³-hybridized carbons (Fsp3) is 0.263. The molecule has 3 rings (SSSR count). The summed E-state index contributed by atoms with van der Waals surface area (Å²) in [5.41, 5.74) is 2.45. The average Bonchev–Trinajstić information content (AvgIpc) is 2.67. The first-order chi connectivity index (χ1) is 12.4. The molecule has 0 atom stereocenters. The summed E-state index contributed by atoms with van der Waals surface area (Å²) in [6, 6.07) is 16.5. The number of carbonyl (C=O) groups excluding carboxylic acids is 1. The predicted octanol–water partition coefficient (Wildman–Crippen LogP) is 1.94. The van der Waals surface area contributed by atoms with Gasteiger partial charge in [0.15, 0.2) is 0 Å². The highest BCUT2D eigenvalue weighted by atomic mass is 32.2. The van der Waals surface area contributed by atoms with Crippen LogP contribution in [0.1, 0.15) is 15.9 Å². The molecule has 0 spiro atoms. The minimum Gasteiger partial charge on any atom is -0.336 e. The average molecular weight is 369 g/mol. The number of nitrogens with zero attached hydrogens (tertiary/aromatic N) is 3. The van der Waals surface area contributed by atoms with Crippen molar-refractivity contribution in [2.45, 2.75) is 0 Å². The van der Waals surface area contributed by atoms with Crippen LogP contribution in [0, 0.1) is 11.3 Å². The van der Waals surface area contributed by atoms with Crippen LogP contribution in [-0.2, 0) is 10.0 Å². The molecule has 1 aliphatic heterocycles. The quantitative estimate of drug-likeness (QED) is 0.828. The Balaban J connectivity index is 1.90. The molecule has 6 nitrogen and oxygen atoms in total. The molecule has 0 bridgehead atoms. The number of benzene rings is 2. The third-order valence-corrected chi connectivity index (χ3v) is 5.79. The van der Waals surface area contributed by atoms with Crippen LogP contribution in [0.5, 0.6) is 0 Å². The van der Waals surface area contributed by atoms with Gasteiger partial charge in [-0.2, -0.15) is 9.57 Å². The summed E-state index contributed by atoms with van der Waals surface area (Å²) < 4.78 is 24.7. The smallest absolute Gasteiger partial charge is 0.254 e. The Labute approximate surface area is 153 Å². The topological polar surface area (TPSA) is 81.5 Å². The molecule has 1 saturated heterocycles. The summed E-state index contributed by atoms with van der Waals surface area (Å²) in [5, 5.41) is 9.36. The third kappa shape index (κ3) is 3.62. The van der Waals surface area contributed by atoms with Gasteiger partial charge in [0, 0.05) is 37.3 Å². The zero-order chi connectivity index (χ0) is 18.7. The number of piperazine rings is 1. The summed E-state index contributed by atoms with van der Waals surface area (Å²) in [7, 11) is -3.24. The van der Waals surface area contributed by atoms with Gasteiger partial charge in [0.05, 0.1) is 17.9 Å². The molecule has 0 saturated carbocycles. The highest BCUT2D eigenvalue weighted by Gasteiger charge is 2.27. The molecule has 1 amide bonds. The Hall–Kier alpha value is -2.69. The lowest BCUT2D eigenvalue weighted by Crippen LogP contribution is -2.50. The van der Waals surface area contributed by atoms with Crippen molar-refractivity contribution < 1.29 is 13.2 Å². The highest BCUT2D eigenvalue weighted by molar-refractivity contribution is 7.88. The lowest BCUT2D eigenvalue weighted by Gasteiger charge is -2.33. The summed E-state index contributed by atoms with van der Waals surface area (Å²) in [6.07, 6.45) is 1.18. The van der Waals surface area contributed by atoms with Gasteiger partial charge in [-0.15, -0.1) is 0 Å². The molecule has 134 valence electrons. The predicted molar refractivity (Wildman–Crippen MR) is 98.9 cm³/mol. The van der Waals surface area contributed by atoms with Crippen LogP contribution in [0.2, 0.25) is 0 Å². The fourth-order valence-corrected chi connectivity index (χ4v) is 3.94. The molecular formula is C19H19N3O3S. The Morgan fingerprint density at radius 1 is 0.962 bits per heavy atom. The van der Waals surface area contributed by atoms with E-state index in [1.807, 2.05) is 24.3 Å². The molecule has 26 heavy (non-hydrogen) atoms. The van der Waals surface area contributed by atoms with Crippen LogP contribution in [0.25, 0.3) is 11.1 Å². The van der Waals surface area contributed by atoms with E-state index < -0.39 is 10.0 Å². The standard InChI is InChI=1S/C19H19N3O3S/c1-26(24,25)22-12-10-21(11-13-22)19(23)18-9-5-4-8-17(18)16-7-3-2-6-15(16)14-20/h2-9H,10-13H2,1H3. The van der Waals surface area contributed by atoms with Gasteiger partial charge < -0.3 is 4.90 Å². The van der Waals surface area contributed by atoms with E-state index >= 15 is 0 Å². The van der Waals surface area contributed by atoms with Crippen molar-refractivity contribution in [3.05, 3.63) is 59.7 Å². The number of amides is 1. The minimum absolute atomic E-state index is 0.151. The van der Waals surface area contributed by atoms with Crippen molar-refractivity contribution in [1.29, 1.82) is 5.26 Å². The molecule has 0 aromatic heterocycles. The Bertz CT molecular complexity index is 972. The van der Waals surface area contributed by atoms with Crippen LogP contribution in [-0.4, -0.2) is 56.0 Å². The normalized spacial score (nSPS) is 15.5. The number of rotatable bonds is 3. The second kappa shape index (κ2) is 7.28. The first-order valence-electron chi connectivity index (χ1n) is 8.25. The number of hydrogen-bond acceptors (Lipinski definition) is 4. The Morgan fingerprint density at radius 3 is 2.15 bits per heavy atom. The third-order valence-electron chi connectivity index (χ3n) is 4.49. The van der Waals surface area contributed by atoms with Crippen molar-refractivity contribution in [3.8, 4) is 17.2 Å². The number of hydrogen-bond donors (Lipinski definition) is 0.